The Balaban J connectivity index is 1.35. The highest BCUT2D eigenvalue weighted by atomic mass is 32.1. The topological polar surface area (TPSA) is 44.8 Å². The Morgan fingerprint density at radius 3 is 2.26 bits per heavy atom. The molecule has 4 rings (SSSR count). The van der Waals surface area contributed by atoms with E-state index in [2.05, 4.69) is 44.8 Å². The minimum Gasteiger partial charge on any atom is -0.497 e. The molecule has 162 valence electrons. The molecular formula is C25H29N3O2S. The molecule has 31 heavy (non-hydrogen) atoms. The summed E-state index contributed by atoms with van der Waals surface area (Å²) in [6, 6.07) is 22.1. The first-order chi connectivity index (χ1) is 15.2. The number of benzene rings is 2. The molecule has 3 aromatic rings. The molecule has 6 heteroatoms. The summed E-state index contributed by atoms with van der Waals surface area (Å²) in [7, 11) is 1.66. The molecule has 5 nitrogen and oxygen atoms in total. The lowest BCUT2D eigenvalue weighted by Gasteiger charge is -2.34. The monoisotopic (exact) mass is 435 g/mol. The number of nitrogens with one attached hydrogen (secondary N) is 1. The Hall–Kier alpha value is -2.67. The van der Waals surface area contributed by atoms with E-state index in [1.54, 1.807) is 18.4 Å². The molecule has 0 spiro atoms. The van der Waals surface area contributed by atoms with Crippen LogP contribution in [0, 0.1) is 0 Å². The van der Waals surface area contributed by atoms with Gasteiger partial charge in [0.15, 0.2) is 0 Å². The summed E-state index contributed by atoms with van der Waals surface area (Å²) < 4.78 is 5.28. The molecule has 0 bridgehead atoms. The lowest BCUT2D eigenvalue weighted by Crippen LogP contribution is -2.49. The maximum atomic E-state index is 12.9. The highest BCUT2D eigenvalue weighted by Gasteiger charge is 2.22. The van der Waals surface area contributed by atoms with Gasteiger partial charge in [0.05, 0.1) is 19.7 Å². The number of hydrogen-bond donors (Lipinski definition) is 1. The van der Waals surface area contributed by atoms with Crippen molar-refractivity contribution in [2.45, 2.75) is 12.6 Å². The average molecular weight is 436 g/mol. The fourth-order valence-electron chi connectivity index (χ4n) is 3.94. The maximum Gasteiger partial charge on any atom is 0.234 e. The van der Waals surface area contributed by atoms with E-state index in [-0.39, 0.29) is 11.9 Å². The number of rotatable bonds is 8. The van der Waals surface area contributed by atoms with Crippen LogP contribution in [0.5, 0.6) is 5.75 Å². The van der Waals surface area contributed by atoms with E-state index in [1.165, 1.54) is 4.88 Å². The van der Waals surface area contributed by atoms with Crippen LogP contribution in [0.3, 0.4) is 0 Å². The van der Waals surface area contributed by atoms with E-state index in [1.807, 2.05) is 42.5 Å². The molecule has 0 saturated carbocycles. The number of ether oxygens (including phenoxy) is 1. The molecule has 1 N–H and O–H groups in total. The van der Waals surface area contributed by atoms with Gasteiger partial charge in [0.2, 0.25) is 5.91 Å². The van der Waals surface area contributed by atoms with Gasteiger partial charge in [0.25, 0.3) is 0 Å². The van der Waals surface area contributed by atoms with Crippen LogP contribution in [0.25, 0.3) is 0 Å². The second-order valence-electron chi connectivity index (χ2n) is 7.82. The van der Waals surface area contributed by atoms with Crippen LogP contribution in [0.1, 0.15) is 22.0 Å². The molecule has 1 amide bonds. The molecule has 1 atom stereocenters. The molecule has 0 unspecified atom stereocenters. The SMILES string of the molecule is COc1ccc([C@@H](NC(=O)CN2CCN(Cc3cccs3)CC2)c2ccccc2)cc1. The summed E-state index contributed by atoms with van der Waals surface area (Å²) in [5, 5.41) is 5.38. The van der Waals surface area contributed by atoms with Gasteiger partial charge in [-0.05, 0) is 34.7 Å². The van der Waals surface area contributed by atoms with Crippen molar-refractivity contribution in [2.24, 2.45) is 0 Å². The zero-order valence-corrected chi connectivity index (χ0v) is 18.7. The molecule has 1 aliphatic heterocycles. The summed E-state index contributed by atoms with van der Waals surface area (Å²) in [5.41, 5.74) is 2.11. The summed E-state index contributed by atoms with van der Waals surface area (Å²) >= 11 is 1.81. The minimum atomic E-state index is -0.181. The van der Waals surface area contributed by atoms with Gasteiger partial charge in [-0.25, -0.2) is 0 Å². The van der Waals surface area contributed by atoms with Crippen molar-refractivity contribution in [3.63, 3.8) is 0 Å². The number of nitrogens with zero attached hydrogens (tertiary/aromatic N) is 2. The molecule has 2 aromatic carbocycles. The number of carbonyl (C=O) groups excluding carboxylic acids is 1. The summed E-state index contributed by atoms with van der Waals surface area (Å²) in [6.07, 6.45) is 0. The number of amides is 1. The summed E-state index contributed by atoms with van der Waals surface area (Å²) in [5.74, 6) is 0.860. The second-order valence-corrected chi connectivity index (χ2v) is 8.85. The molecule has 1 aromatic heterocycles. The number of piperazine rings is 1. The fourth-order valence-corrected chi connectivity index (χ4v) is 4.69. The van der Waals surface area contributed by atoms with Crippen molar-refractivity contribution in [3.8, 4) is 5.75 Å². The molecule has 0 aliphatic carbocycles. The van der Waals surface area contributed by atoms with E-state index in [4.69, 9.17) is 4.74 Å². The number of hydrogen-bond acceptors (Lipinski definition) is 5. The lowest BCUT2D eigenvalue weighted by atomic mass is 9.98. The van der Waals surface area contributed by atoms with E-state index < -0.39 is 0 Å². The predicted octanol–water partition coefficient (Wildman–Crippen LogP) is 3.78. The minimum absolute atomic E-state index is 0.0522. The molecule has 0 radical (unpaired) electrons. The lowest BCUT2D eigenvalue weighted by molar-refractivity contribution is -0.123. The third kappa shape index (κ3) is 5.94. The number of methoxy groups -OCH3 is 1. The maximum absolute atomic E-state index is 12.9. The van der Waals surface area contributed by atoms with Gasteiger partial charge in [0, 0.05) is 37.6 Å². The Labute approximate surface area is 188 Å². The predicted molar refractivity (Wildman–Crippen MR) is 125 cm³/mol. The van der Waals surface area contributed by atoms with Crippen molar-refractivity contribution in [3.05, 3.63) is 88.1 Å². The van der Waals surface area contributed by atoms with E-state index in [0.717, 1.165) is 49.6 Å². The van der Waals surface area contributed by atoms with Crippen molar-refractivity contribution >= 4 is 17.2 Å². The van der Waals surface area contributed by atoms with Crippen molar-refractivity contribution in [1.29, 1.82) is 0 Å². The van der Waals surface area contributed by atoms with Crippen LogP contribution in [0.15, 0.2) is 72.1 Å². The van der Waals surface area contributed by atoms with Gasteiger partial charge in [0.1, 0.15) is 5.75 Å². The largest absolute Gasteiger partial charge is 0.497 e. The number of carbonyl (C=O) groups is 1. The molecule has 1 saturated heterocycles. The Morgan fingerprint density at radius 2 is 1.61 bits per heavy atom. The first kappa shape index (κ1) is 21.6. The van der Waals surface area contributed by atoms with Crippen LogP contribution in [-0.4, -0.2) is 55.5 Å². The summed E-state index contributed by atoms with van der Waals surface area (Å²) in [6.45, 7) is 5.24. The first-order valence-corrected chi connectivity index (χ1v) is 11.5. The standard InChI is InChI=1S/C25H29N3O2S/c1-30-22-11-9-21(10-12-22)25(20-6-3-2-4-7-20)26-24(29)19-28-15-13-27(14-16-28)18-23-8-5-17-31-23/h2-12,17,25H,13-16,18-19H2,1H3,(H,26,29)/t25-/m0/s1. The molecular weight excluding hydrogens is 406 g/mol. The number of thiophene rings is 1. The Bertz CT molecular complexity index is 937. The second kappa shape index (κ2) is 10.6. The van der Waals surface area contributed by atoms with Gasteiger partial charge in [-0.3, -0.25) is 14.6 Å². The van der Waals surface area contributed by atoms with E-state index >= 15 is 0 Å². The molecule has 2 heterocycles. The zero-order chi connectivity index (χ0) is 21.5. The third-order valence-corrected chi connectivity index (χ3v) is 6.54. The van der Waals surface area contributed by atoms with Crippen LogP contribution in [0.2, 0.25) is 0 Å². The smallest absolute Gasteiger partial charge is 0.234 e. The quantitative estimate of drug-likeness (QED) is 0.585. The Morgan fingerprint density at radius 1 is 0.935 bits per heavy atom. The molecule has 1 fully saturated rings. The Kier molecular flexibility index (Phi) is 7.35. The van der Waals surface area contributed by atoms with Crippen molar-refractivity contribution < 1.29 is 9.53 Å². The first-order valence-electron chi connectivity index (χ1n) is 10.7. The molecule has 1 aliphatic rings. The fraction of sp³-hybridized carbons (Fsp3) is 0.320. The highest BCUT2D eigenvalue weighted by molar-refractivity contribution is 7.09. The van der Waals surface area contributed by atoms with Crippen LogP contribution in [-0.2, 0) is 11.3 Å². The normalized spacial score (nSPS) is 16.0. The van der Waals surface area contributed by atoms with Crippen LogP contribution >= 0.6 is 11.3 Å². The van der Waals surface area contributed by atoms with Crippen LogP contribution < -0.4 is 10.1 Å². The van der Waals surface area contributed by atoms with Gasteiger partial charge in [-0.15, -0.1) is 11.3 Å². The van der Waals surface area contributed by atoms with Gasteiger partial charge >= 0.3 is 0 Å². The van der Waals surface area contributed by atoms with Gasteiger partial charge < -0.3 is 10.1 Å². The van der Waals surface area contributed by atoms with Crippen molar-refractivity contribution in [2.75, 3.05) is 39.8 Å². The van der Waals surface area contributed by atoms with Crippen molar-refractivity contribution in [1.82, 2.24) is 15.1 Å². The third-order valence-electron chi connectivity index (χ3n) is 5.68. The highest BCUT2D eigenvalue weighted by Crippen LogP contribution is 2.24. The average Bonchev–Trinajstić information content (AvgIpc) is 3.33. The zero-order valence-electron chi connectivity index (χ0n) is 17.9. The van der Waals surface area contributed by atoms with Crippen LogP contribution in [0.4, 0.5) is 0 Å². The van der Waals surface area contributed by atoms with Gasteiger partial charge in [-0.1, -0.05) is 48.5 Å². The van der Waals surface area contributed by atoms with Gasteiger partial charge in [-0.2, -0.15) is 0 Å². The van der Waals surface area contributed by atoms with E-state index in [9.17, 15) is 4.79 Å². The summed E-state index contributed by atoms with van der Waals surface area (Å²) in [4.78, 5) is 19.0. The van der Waals surface area contributed by atoms with E-state index in [0.29, 0.717) is 6.54 Å².